The van der Waals surface area contributed by atoms with Gasteiger partial charge < -0.3 is 11.5 Å². The third-order valence-electron chi connectivity index (χ3n) is 4.19. The SMILES string of the molecule is CCC(N)C(c1ccccn1)N1CCC(C(N)=O)CC1. The minimum absolute atomic E-state index is 0.00786. The highest BCUT2D eigenvalue weighted by Crippen LogP contribution is 2.28. The molecule has 1 saturated heterocycles. The fourth-order valence-corrected chi connectivity index (χ4v) is 2.91. The molecule has 1 aromatic rings. The minimum atomic E-state index is -0.182. The number of nitrogens with zero attached hydrogens (tertiary/aromatic N) is 2. The molecule has 0 saturated carbocycles. The summed E-state index contributed by atoms with van der Waals surface area (Å²) < 4.78 is 0. The van der Waals surface area contributed by atoms with Gasteiger partial charge in [-0.1, -0.05) is 13.0 Å². The van der Waals surface area contributed by atoms with Crippen molar-refractivity contribution in [1.82, 2.24) is 9.88 Å². The summed E-state index contributed by atoms with van der Waals surface area (Å²) in [5.41, 5.74) is 12.7. The Hall–Kier alpha value is -1.46. The summed E-state index contributed by atoms with van der Waals surface area (Å²) in [6.07, 6.45) is 4.34. The van der Waals surface area contributed by atoms with Gasteiger partial charge in [-0.25, -0.2) is 0 Å². The van der Waals surface area contributed by atoms with Crippen LogP contribution in [0.3, 0.4) is 0 Å². The topological polar surface area (TPSA) is 85.2 Å². The summed E-state index contributed by atoms with van der Waals surface area (Å²) in [6, 6.07) is 6.11. The summed E-state index contributed by atoms with van der Waals surface area (Å²) in [6.45, 7) is 3.79. The monoisotopic (exact) mass is 276 g/mol. The van der Waals surface area contributed by atoms with Crippen LogP contribution in [-0.4, -0.2) is 34.9 Å². The van der Waals surface area contributed by atoms with Gasteiger partial charge in [-0.15, -0.1) is 0 Å². The molecule has 4 N–H and O–H groups in total. The molecule has 1 aromatic heterocycles. The molecular formula is C15H24N4O. The van der Waals surface area contributed by atoms with Crippen molar-refractivity contribution in [1.29, 1.82) is 0 Å². The average molecular weight is 276 g/mol. The van der Waals surface area contributed by atoms with Crippen LogP contribution >= 0.6 is 0 Å². The van der Waals surface area contributed by atoms with Gasteiger partial charge in [0.1, 0.15) is 0 Å². The van der Waals surface area contributed by atoms with Crippen LogP contribution in [0.4, 0.5) is 0 Å². The summed E-state index contributed by atoms with van der Waals surface area (Å²) in [4.78, 5) is 18.1. The second-order valence-electron chi connectivity index (χ2n) is 5.48. The number of piperidine rings is 1. The Labute approximate surface area is 120 Å². The van der Waals surface area contributed by atoms with Crippen LogP contribution in [0.5, 0.6) is 0 Å². The molecule has 1 aliphatic heterocycles. The molecule has 5 nitrogen and oxygen atoms in total. The highest BCUT2D eigenvalue weighted by Gasteiger charge is 2.31. The Kier molecular flexibility index (Phi) is 5.09. The van der Waals surface area contributed by atoms with Crippen LogP contribution in [0.2, 0.25) is 0 Å². The first-order chi connectivity index (χ1) is 9.63. The maximum atomic E-state index is 11.3. The molecule has 1 amide bonds. The molecule has 20 heavy (non-hydrogen) atoms. The van der Waals surface area contributed by atoms with E-state index in [9.17, 15) is 4.79 Å². The van der Waals surface area contributed by atoms with Gasteiger partial charge in [0, 0.05) is 18.2 Å². The number of likely N-dealkylation sites (tertiary alicyclic amines) is 1. The van der Waals surface area contributed by atoms with E-state index in [1.807, 2.05) is 18.2 Å². The van der Waals surface area contributed by atoms with Crippen LogP contribution in [0.1, 0.15) is 37.9 Å². The van der Waals surface area contributed by atoms with Crippen LogP contribution in [0.25, 0.3) is 0 Å². The number of carbonyl (C=O) groups excluding carboxylic acids is 1. The van der Waals surface area contributed by atoms with E-state index in [0.717, 1.165) is 38.0 Å². The molecule has 0 aromatic carbocycles. The first-order valence-corrected chi connectivity index (χ1v) is 7.33. The molecule has 0 spiro atoms. The number of amides is 1. The van der Waals surface area contributed by atoms with Crippen LogP contribution in [0.15, 0.2) is 24.4 Å². The number of rotatable bonds is 5. The molecule has 1 fully saturated rings. The number of hydrogen-bond donors (Lipinski definition) is 2. The van der Waals surface area contributed by atoms with Gasteiger partial charge in [-0.3, -0.25) is 14.7 Å². The Morgan fingerprint density at radius 2 is 2.15 bits per heavy atom. The minimum Gasteiger partial charge on any atom is -0.369 e. The van der Waals surface area contributed by atoms with Crippen molar-refractivity contribution >= 4 is 5.91 Å². The van der Waals surface area contributed by atoms with E-state index in [1.165, 1.54) is 0 Å². The van der Waals surface area contributed by atoms with Gasteiger partial charge in [-0.05, 0) is 44.5 Å². The average Bonchev–Trinajstić information content (AvgIpc) is 2.49. The number of nitrogens with two attached hydrogens (primary N) is 2. The van der Waals surface area contributed by atoms with Crippen molar-refractivity contribution < 1.29 is 4.79 Å². The number of primary amides is 1. The molecule has 0 bridgehead atoms. The third kappa shape index (κ3) is 3.35. The van der Waals surface area contributed by atoms with E-state index in [0.29, 0.717) is 0 Å². The van der Waals surface area contributed by atoms with Crippen molar-refractivity contribution in [2.75, 3.05) is 13.1 Å². The van der Waals surface area contributed by atoms with Crippen LogP contribution in [-0.2, 0) is 4.79 Å². The second-order valence-corrected chi connectivity index (χ2v) is 5.48. The molecule has 0 aliphatic carbocycles. The van der Waals surface area contributed by atoms with Gasteiger partial charge in [0.25, 0.3) is 0 Å². The number of pyridine rings is 1. The molecule has 5 heteroatoms. The van der Waals surface area contributed by atoms with E-state index in [1.54, 1.807) is 6.20 Å². The largest absolute Gasteiger partial charge is 0.369 e. The highest BCUT2D eigenvalue weighted by atomic mass is 16.1. The Balaban J connectivity index is 2.11. The third-order valence-corrected chi connectivity index (χ3v) is 4.19. The lowest BCUT2D eigenvalue weighted by molar-refractivity contribution is -0.123. The molecule has 1 aliphatic rings. The summed E-state index contributed by atoms with van der Waals surface area (Å²) in [5.74, 6) is -0.174. The zero-order valence-electron chi connectivity index (χ0n) is 12.0. The van der Waals surface area contributed by atoms with Gasteiger partial charge in [-0.2, -0.15) is 0 Å². The van der Waals surface area contributed by atoms with Crippen molar-refractivity contribution in [2.45, 2.75) is 38.3 Å². The molecule has 2 heterocycles. The van der Waals surface area contributed by atoms with Gasteiger partial charge in [0.2, 0.25) is 5.91 Å². The molecule has 110 valence electrons. The molecule has 2 rings (SSSR count). The molecular weight excluding hydrogens is 252 g/mol. The Morgan fingerprint density at radius 1 is 1.45 bits per heavy atom. The number of hydrogen-bond acceptors (Lipinski definition) is 4. The first kappa shape index (κ1) is 14.9. The van der Waals surface area contributed by atoms with Crippen LogP contribution < -0.4 is 11.5 Å². The standard InChI is InChI=1S/C15H24N4O/c1-2-12(16)14(13-5-3-4-8-18-13)19-9-6-11(7-10-19)15(17)20/h3-5,8,11-12,14H,2,6-7,9-10,16H2,1H3,(H2,17,20). The zero-order chi connectivity index (χ0) is 14.5. The highest BCUT2D eigenvalue weighted by molar-refractivity contribution is 5.76. The normalized spacial score (nSPS) is 20.5. The van der Waals surface area contributed by atoms with Crippen molar-refractivity contribution in [3.8, 4) is 0 Å². The summed E-state index contributed by atoms with van der Waals surface area (Å²) in [7, 11) is 0. The molecule has 2 unspecified atom stereocenters. The van der Waals surface area contributed by atoms with Gasteiger partial charge in [0.05, 0.1) is 11.7 Å². The zero-order valence-corrected chi connectivity index (χ0v) is 12.0. The van der Waals surface area contributed by atoms with Crippen molar-refractivity contribution in [2.24, 2.45) is 17.4 Å². The van der Waals surface area contributed by atoms with E-state index in [2.05, 4.69) is 16.8 Å². The summed E-state index contributed by atoms with van der Waals surface area (Å²) in [5, 5.41) is 0. The van der Waals surface area contributed by atoms with Gasteiger partial charge >= 0.3 is 0 Å². The van der Waals surface area contributed by atoms with E-state index >= 15 is 0 Å². The predicted octanol–water partition coefficient (Wildman–Crippen LogP) is 1.06. The quantitative estimate of drug-likeness (QED) is 0.842. The molecule has 0 radical (unpaired) electrons. The summed E-state index contributed by atoms with van der Waals surface area (Å²) >= 11 is 0. The van der Waals surface area contributed by atoms with E-state index in [-0.39, 0.29) is 23.9 Å². The van der Waals surface area contributed by atoms with E-state index in [4.69, 9.17) is 11.5 Å². The number of aromatic nitrogens is 1. The number of carbonyl (C=O) groups is 1. The Bertz CT molecular complexity index is 429. The van der Waals surface area contributed by atoms with Gasteiger partial charge in [0.15, 0.2) is 0 Å². The second kappa shape index (κ2) is 6.81. The fourth-order valence-electron chi connectivity index (χ4n) is 2.91. The fraction of sp³-hybridized carbons (Fsp3) is 0.600. The predicted molar refractivity (Wildman–Crippen MR) is 78.7 cm³/mol. The van der Waals surface area contributed by atoms with Crippen molar-refractivity contribution in [3.63, 3.8) is 0 Å². The smallest absolute Gasteiger partial charge is 0.220 e. The van der Waals surface area contributed by atoms with E-state index < -0.39 is 0 Å². The maximum Gasteiger partial charge on any atom is 0.220 e. The lowest BCUT2D eigenvalue weighted by atomic mass is 9.92. The van der Waals surface area contributed by atoms with Crippen LogP contribution in [0, 0.1) is 5.92 Å². The lowest BCUT2D eigenvalue weighted by Gasteiger charge is -2.39. The lowest BCUT2D eigenvalue weighted by Crippen LogP contribution is -2.46. The Morgan fingerprint density at radius 3 is 2.65 bits per heavy atom. The first-order valence-electron chi connectivity index (χ1n) is 7.33. The maximum absolute atomic E-state index is 11.3. The van der Waals surface area contributed by atoms with Crippen molar-refractivity contribution in [3.05, 3.63) is 30.1 Å². The molecule has 2 atom stereocenters.